The van der Waals surface area contributed by atoms with E-state index in [4.69, 9.17) is 25.4 Å². The molecule has 0 aliphatic heterocycles. The van der Waals surface area contributed by atoms with Gasteiger partial charge in [-0.3, -0.25) is 14.4 Å². The summed E-state index contributed by atoms with van der Waals surface area (Å²) in [6.45, 7) is -3.53. The molecule has 0 aliphatic rings. The fourth-order valence-corrected chi connectivity index (χ4v) is 5.61. The summed E-state index contributed by atoms with van der Waals surface area (Å²) < 4.78 is 18.4. The standard InChI is InChI=1S/C27H33N6O6PS/c1-28(2)31(19-34)22-7-13-25(14-8-22)37-40(41,38-26-15-9-23(10-16-26)32(20-35)29(3)4)39-27-17-11-24(12-18-27)33(21-36)30(5)6/h7-21H,1-6H3. The van der Waals surface area contributed by atoms with Crippen molar-refractivity contribution in [2.75, 3.05) is 57.3 Å². The maximum absolute atomic E-state index is 11.5. The first kappa shape index (κ1) is 31.5. The lowest BCUT2D eigenvalue weighted by atomic mass is 10.3. The number of amides is 3. The van der Waals surface area contributed by atoms with E-state index in [1.165, 1.54) is 15.0 Å². The summed E-state index contributed by atoms with van der Waals surface area (Å²) >= 11 is 5.81. The highest BCUT2D eigenvalue weighted by atomic mass is 32.5. The maximum Gasteiger partial charge on any atom is 0.490 e. The molecule has 3 amide bonds. The van der Waals surface area contributed by atoms with E-state index in [9.17, 15) is 14.4 Å². The van der Waals surface area contributed by atoms with Gasteiger partial charge >= 0.3 is 6.72 Å². The molecule has 12 nitrogen and oxygen atoms in total. The van der Waals surface area contributed by atoms with Crippen molar-refractivity contribution in [1.29, 1.82) is 0 Å². The fourth-order valence-electron chi connectivity index (χ4n) is 3.58. The first-order valence-corrected chi connectivity index (χ1v) is 14.8. The van der Waals surface area contributed by atoms with Crippen molar-refractivity contribution in [3.63, 3.8) is 0 Å². The monoisotopic (exact) mass is 600 g/mol. The summed E-state index contributed by atoms with van der Waals surface area (Å²) in [6.07, 6.45) is 2.09. The Balaban J connectivity index is 1.91. The molecule has 14 heteroatoms. The number of carbonyl (C=O) groups is 3. The van der Waals surface area contributed by atoms with Crippen LogP contribution < -0.4 is 28.6 Å². The van der Waals surface area contributed by atoms with Crippen molar-refractivity contribution in [1.82, 2.24) is 15.0 Å². The van der Waals surface area contributed by atoms with Gasteiger partial charge in [-0.05, 0) is 72.8 Å². The third-order valence-corrected chi connectivity index (χ3v) is 7.52. The summed E-state index contributed by atoms with van der Waals surface area (Å²) in [4.78, 5) is 34.4. The molecule has 41 heavy (non-hydrogen) atoms. The van der Waals surface area contributed by atoms with Crippen molar-refractivity contribution in [3.05, 3.63) is 72.8 Å². The molecule has 0 heterocycles. The maximum atomic E-state index is 11.5. The zero-order chi connectivity index (χ0) is 30.2. The molecular weight excluding hydrogens is 567 g/mol. The molecule has 0 fully saturated rings. The van der Waals surface area contributed by atoms with E-state index in [-0.39, 0.29) is 0 Å². The quantitative estimate of drug-likeness (QED) is 0.146. The predicted molar refractivity (Wildman–Crippen MR) is 162 cm³/mol. The van der Waals surface area contributed by atoms with Crippen LogP contribution in [0.4, 0.5) is 17.1 Å². The Morgan fingerprint density at radius 3 is 0.878 bits per heavy atom. The summed E-state index contributed by atoms with van der Waals surface area (Å²) in [5.74, 6) is 1.11. The fraction of sp³-hybridized carbons (Fsp3) is 0.222. The number of hydrazine groups is 3. The molecule has 0 radical (unpaired) electrons. The van der Waals surface area contributed by atoms with E-state index in [0.717, 1.165) is 0 Å². The third-order valence-electron chi connectivity index (χ3n) is 5.55. The number of nitrogens with zero attached hydrogens (tertiary/aromatic N) is 6. The van der Waals surface area contributed by atoms with Crippen molar-refractivity contribution in [2.45, 2.75) is 0 Å². The highest BCUT2D eigenvalue weighted by molar-refractivity contribution is 8.08. The Labute approximate surface area is 245 Å². The van der Waals surface area contributed by atoms with Gasteiger partial charge in [0.1, 0.15) is 17.2 Å². The van der Waals surface area contributed by atoms with Crippen LogP contribution in [0.5, 0.6) is 17.2 Å². The predicted octanol–water partition coefficient (Wildman–Crippen LogP) is 3.77. The van der Waals surface area contributed by atoms with Gasteiger partial charge in [0.25, 0.3) is 0 Å². The molecule has 218 valence electrons. The molecule has 0 aromatic heterocycles. The Morgan fingerprint density at radius 1 is 0.488 bits per heavy atom. The normalized spacial score (nSPS) is 11.2. The van der Waals surface area contributed by atoms with Gasteiger partial charge in [-0.25, -0.2) is 30.1 Å². The van der Waals surface area contributed by atoms with Gasteiger partial charge in [0.2, 0.25) is 19.2 Å². The second-order valence-electron chi connectivity index (χ2n) is 9.09. The number of rotatable bonds is 15. The molecule has 0 N–H and O–H groups in total. The summed E-state index contributed by atoms with van der Waals surface area (Å²) in [5.41, 5.74) is 1.87. The molecule has 3 rings (SSSR count). The van der Waals surface area contributed by atoms with Crippen LogP contribution in [0.25, 0.3) is 0 Å². The van der Waals surface area contributed by atoms with Gasteiger partial charge < -0.3 is 13.6 Å². The highest BCUT2D eigenvalue weighted by Crippen LogP contribution is 2.50. The van der Waals surface area contributed by atoms with Crippen LogP contribution in [0.3, 0.4) is 0 Å². The molecule has 3 aromatic carbocycles. The van der Waals surface area contributed by atoms with E-state index in [1.807, 2.05) is 0 Å². The minimum absolute atomic E-state index is 0.370. The summed E-state index contributed by atoms with van der Waals surface area (Å²) in [6, 6.07) is 20.2. The smallest absolute Gasteiger partial charge is 0.407 e. The zero-order valence-corrected chi connectivity index (χ0v) is 25.4. The van der Waals surface area contributed by atoms with Crippen LogP contribution in [0.2, 0.25) is 0 Å². The number of hydrogen-bond donors (Lipinski definition) is 0. The van der Waals surface area contributed by atoms with E-state index in [2.05, 4.69) is 0 Å². The lowest BCUT2D eigenvalue weighted by molar-refractivity contribution is -0.110. The topological polar surface area (TPSA) is 98.3 Å². The third kappa shape index (κ3) is 8.26. The van der Waals surface area contributed by atoms with Gasteiger partial charge in [-0.15, -0.1) is 0 Å². The molecule has 0 unspecified atom stereocenters. The number of carbonyl (C=O) groups excluding carboxylic acids is 3. The highest BCUT2D eigenvalue weighted by Gasteiger charge is 2.27. The molecule has 0 saturated carbocycles. The minimum Gasteiger partial charge on any atom is -0.407 e. The van der Waals surface area contributed by atoms with Gasteiger partial charge in [-0.1, -0.05) is 0 Å². The van der Waals surface area contributed by atoms with Crippen molar-refractivity contribution < 1.29 is 28.0 Å². The number of anilines is 3. The Bertz CT molecular complexity index is 1190. The van der Waals surface area contributed by atoms with Crippen molar-refractivity contribution in [3.8, 4) is 17.2 Å². The Morgan fingerprint density at radius 2 is 0.707 bits per heavy atom. The lowest BCUT2D eigenvalue weighted by Crippen LogP contribution is -2.35. The van der Waals surface area contributed by atoms with Gasteiger partial charge in [0.15, 0.2) is 0 Å². The average Bonchev–Trinajstić information content (AvgIpc) is 2.92. The second-order valence-corrected chi connectivity index (χ2v) is 11.9. The molecule has 3 aromatic rings. The van der Waals surface area contributed by atoms with Crippen LogP contribution in [-0.2, 0) is 26.2 Å². The average molecular weight is 601 g/mol. The SMILES string of the molecule is CN(C)N(C=O)c1ccc(OP(=S)(Oc2ccc(N(C=O)N(C)C)cc2)Oc2ccc(N(C=O)N(C)C)cc2)cc1. The molecule has 0 bridgehead atoms. The van der Waals surface area contributed by atoms with Crippen molar-refractivity contribution in [2.24, 2.45) is 0 Å². The largest absolute Gasteiger partial charge is 0.490 e. The Kier molecular flexibility index (Phi) is 10.8. The van der Waals surface area contributed by atoms with Crippen LogP contribution >= 0.6 is 6.72 Å². The number of hydrogen-bond acceptors (Lipinski definition) is 10. The molecule has 0 saturated heterocycles. The van der Waals surface area contributed by atoms with Gasteiger partial charge in [0.05, 0.1) is 17.1 Å². The summed E-state index contributed by atoms with van der Waals surface area (Å²) in [7, 11) is 10.5. The zero-order valence-electron chi connectivity index (χ0n) is 23.6. The molecule has 0 aliphatic carbocycles. The Hall–Kier alpha value is -4.00. The van der Waals surface area contributed by atoms with Crippen LogP contribution in [0, 0.1) is 0 Å². The van der Waals surface area contributed by atoms with Crippen LogP contribution in [-0.4, -0.2) is 76.5 Å². The van der Waals surface area contributed by atoms with E-state index >= 15 is 0 Å². The first-order chi connectivity index (χ1) is 19.5. The first-order valence-electron chi connectivity index (χ1n) is 12.2. The van der Waals surface area contributed by atoms with E-state index in [1.54, 1.807) is 130 Å². The van der Waals surface area contributed by atoms with Crippen LogP contribution in [0.15, 0.2) is 72.8 Å². The minimum atomic E-state index is -3.53. The lowest BCUT2D eigenvalue weighted by Gasteiger charge is -2.27. The van der Waals surface area contributed by atoms with Crippen molar-refractivity contribution >= 4 is 54.8 Å². The van der Waals surface area contributed by atoms with Crippen LogP contribution in [0.1, 0.15) is 0 Å². The van der Waals surface area contributed by atoms with Gasteiger partial charge in [0, 0.05) is 54.1 Å². The molecule has 0 atom stereocenters. The molecular formula is C27H33N6O6PS. The second kappa shape index (κ2) is 14.1. The molecule has 0 spiro atoms. The van der Waals surface area contributed by atoms with E-state index < -0.39 is 6.72 Å². The van der Waals surface area contributed by atoms with Gasteiger partial charge in [-0.2, -0.15) is 0 Å². The van der Waals surface area contributed by atoms with E-state index in [0.29, 0.717) is 53.5 Å². The number of benzene rings is 3. The summed E-state index contributed by atoms with van der Waals surface area (Å²) in [5, 5.41) is 9.17.